The fourth-order valence-electron chi connectivity index (χ4n) is 4.61. The van der Waals surface area contributed by atoms with Crippen LogP contribution in [0.25, 0.3) is 16.9 Å². The Morgan fingerprint density at radius 1 is 1.05 bits per heavy atom. The van der Waals surface area contributed by atoms with E-state index in [9.17, 15) is 18.0 Å². The Morgan fingerprint density at radius 3 is 2.56 bits per heavy atom. The summed E-state index contributed by atoms with van der Waals surface area (Å²) in [5.41, 5.74) is 3.99. The van der Waals surface area contributed by atoms with Gasteiger partial charge in [0.15, 0.2) is 0 Å². The number of halogens is 3. The molecule has 41 heavy (non-hydrogen) atoms. The standard InChI is InChI=1S/C28H29F3N8O2/c1-18(2)37-7-9-38(10-8-37)23-11-21(14-32-16-23)25-17-39(36-35-25)26-13-22(15-33-19(26)3)34-27(40)20-5-4-6-24(12-20)41-28(29,30)31/h4-6,11-18H,7-10H2,1-3H3,(H,34,40). The molecule has 1 aliphatic rings. The van der Waals surface area contributed by atoms with Gasteiger partial charge >= 0.3 is 6.36 Å². The Morgan fingerprint density at radius 2 is 1.83 bits per heavy atom. The molecule has 214 valence electrons. The molecule has 0 atom stereocenters. The number of benzene rings is 1. The number of nitrogens with zero attached hydrogens (tertiary/aromatic N) is 7. The second-order valence-electron chi connectivity index (χ2n) is 9.96. The Labute approximate surface area is 234 Å². The Balaban J connectivity index is 1.31. The first-order valence-corrected chi connectivity index (χ1v) is 13.1. The number of alkyl halides is 3. The molecule has 1 saturated heterocycles. The number of amides is 1. The highest BCUT2D eigenvalue weighted by Gasteiger charge is 2.31. The number of piperazine rings is 1. The molecule has 0 bridgehead atoms. The van der Waals surface area contributed by atoms with E-state index in [1.807, 2.05) is 12.3 Å². The maximum atomic E-state index is 12.7. The van der Waals surface area contributed by atoms with Gasteiger partial charge in [0.2, 0.25) is 0 Å². The number of anilines is 2. The lowest BCUT2D eigenvalue weighted by Crippen LogP contribution is -2.48. The van der Waals surface area contributed by atoms with Crippen LogP contribution in [0.3, 0.4) is 0 Å². The topological polar surface area (TPSA) is 101 Å². The predicted octanol–water partition coefficient (Wildman–Crippen LogP) is 4.71. The number of hydrogen-bond donors (Lipinski definition) is 1. The molecule has 3 aromatic heterocycles. The summed E-state index contributed by atoms with van der Waals surface area (Å²) in [4.78, 5) is 26.3. The van der Waals surface area contributed by atoms with Crippen LogP contribution in [0.1, 0.15) is 29.9 Å². The number of pyridine rings is 2. The monoisotopic (exact) mass is 566 g/mol. The van der Waals surface area contributed by atoms with Crippen molar-refractivity contribution in [3.63, 3.8) is 0 Å². The number of ether oxygens (including phenoxy) is 1. The molecule has 1 amide bonds. The maximum Gasteiger partial charge on any atom is 0.573 e. The minimum absolute atomic E-state index is 0.00471. The van der Waals surface area contributed by atoms with Crippen LogP contribution >= 0.6 is 0 Å². The van der Waals surface area contributed by atoms with Crippen molar-refractivity contribution in [3.8, 4) is 22.7 Å². The van der Waals surface area contributed by atoms with Gasteiger partial charge in [0.1, 0.15) is 11.4 Å². The Kier molecular flexibility index (Phi) is 7.88. The van der Waals surface area contributed by atoms with E-state index in [4.69, 9.17) is 0 Å². The zero-order valence-electron chi connectivity index (χ0n) is 22.8. The third kappa shape index (κ3) is 6.80. The number of hydrogen-bond acceptors (Lipinski definition) is 8. The van der Waals surface area contributed by atoms with Gasteiger partial charge in [0.25, 0.3) is 5.91 Å². The number of rotatable bonds is 7. The fraction of sp³-hybridized carbons (Fsp3) is 0.321. The van der Waals surface area contributed by atoms with Crippen LogP contribution in [-0.2, 0) is 0 Å². The van der Waals surface area contributed by atoms with Crippen LogP contribution in [0.4, 0.5) is 24.5 Å². The van der Waals surface area contributed by atoms with E-state index in [0.717, 1.165) is 49.6 Å². The van der Waals surface area contributed by atoms with Crippen molar-refractivity contribution in [1.82, 2.24) is 29.9 Å². The van der Waals surface area contributed by atoms with Gasteiger partial charge in [-0.25, -0.2) is 4.68 Å². The minimum Gasteiger partial charge on any atom is -0.406 e. The van der Waals surface area contributed by atoms with E-state index in [1.54, 1.807) is 30.1 Å². The first kappa shape index (κ1) is 28.0. The quantitative estimate of drug-likeness (QED) is 0.343. The summed E-state index contributed by atoms with van der Waals surface area (Å²) >= 11 is 0. The zero-order valence-corrected chi connectivity index (χ0v) is 22.8. The highest BCUT2D eigenvalue weighted by Crippen LogP contribution is 2.26. The lowest BCUT2D eigenvalue weighted by atomic mass is 10.2. The third-order valence-corrected chi connectivity index (χ3v) is 6.82. The smallest absolute Gasteiger partial charge is 0.406 e. The highest BCUT2D eigenvalue weighted by atomic mass is 19.4. The molecular weight excluding hydrogens is 537 g/mol. The molecule has 0 saturated carbocycles. The van der Waals surface area contributed by atoms with Gasteiger partial charge in [-0.3, -0.25) is 19.7 Å². The van der Waals surface area contributed by atoms with Gasteiger partial charge in [-0.1, -0.05) is 11.3 Å². The summed E-state index contributed by atoms with van der Waals surface area (Å²) in [7, 11) is 0. The number of carbonyl (C=O) groups excluding carboxylic acids is 1. The first-order valence-electron chi connectivity index (χ1n) is 13.1. The molecular formula is C28H29F3N8O2. The summed E-state index contributed by atoms with van der Waals surface area (Å²) in [5, 5.41) is 11.2. The number of nitrogens with one attached hydrogen (secondary N) is 1. The van der Waals surface area contributed by atoms with Crippen LogP contribution in [0.15, 0.2) is 61.2 Å². The summed E-state index contributed by atoms with van der Waals surface area (Å²) in [6.07, 6.45) is 1.94. The van der Waals surface area contributed by atoms with Crippen LogP contribution in [0.2, 0.25) is 0 Å². The lowest BCUT2D eigenvalue weighted by Gasteiger charge is -2.38. The van der Waals surface area contributed by atoms with Crippen LogP contribution < -0.4 is 15.0 Å². The number of carbonyl (C=O) groups is 1. The first-order chi connectivity index (χ1) is 19.6. The number of aryl methyl sites for hydroxylation is 1. The van der Waals surface area contributed by atoms with Gasteiger partial charge in [-0.2, -0.15) is 0 Å². The second kappa shape index (κ2) is 11.5. The molecule has 0 spiro atoms. The van der Waals surface area contributed by atoms with Gasteiger partial charge in [-0.15, -0.1) is 18.3 Å². The van der Waals surface area contributed by atoms with E-state index < -0.39 is 18.0 Å². The van der Waals surface area contributed by atoms with Crippen molar-refractivity contribution in [2.45, 2.75) is 33.2 Å². The molecule has 10 nitrogen and oxygen atoms in total. The van der Waals surface area contributed by atoms with Crippen molar-refractivity contribution in [2.75, 3.05) is 36.4 Å². The highest BCUT2D eigenvalue weighted by molar-refractivity contribution is 6.04. The third-order valence-electron chi connectivity index (χ3n) is 6.82. The molecule has 1 N–H and O–H groups in total. The van der Waals surface area contributed by atoms with E-state index in [-0.39, 0.29) is 5.56 Å². The van der Waals surface area contributed by atoms with Crippen molar-refractivity contribution in [2.24, 2.45) is 0 Å². The Hall–Kier alpha value is -4.52. The van der Waals surface area contributed by atoms with E-state index >= 15 is 0 Å². The fourth-order valence-corrected chi connectivity index (χ4v) is 4.61. The molecule has 0 unspecified atom stereocenters. The molecule has 1 aromatic carbocycles. The van der Waals surface area contributed by atoms with Gasteiger partial charge in [0, 0.05) is 49.5 Å². The molecule has 0 radical (unpaired) electrons. The van der Waals surface area contributed by atoms with Crippen molar-refractivity contribution < 1.29 is 22.7 Å². The molecule has 4 heterocycles. The van der Waals surface area contributed by atoms with Crippen LogP contribution in [0, 0.1) is 6.92 Å². The maximum absolute atomic E-state index is 12.7. The van der Waals surface area contributed by atoms with E-state index in [2.05, 4.69) is 54.0 Å². The van der Waals surface area contributed by atoms with Crippen molar-refractivity contribution in [3.05, 3.63) is 72.4 Å². The average Bonchev–Trinajstić information content (AvgIpc) is 3.44. The molecule has 0 aliphatic carbocycles. The minimum atomic E-state index is -4.86. The Bertz CT molecular complexity index is 1530. The second-order valence-corrected chi connectivity index (χ2v) is 9.96. The largest absolute Gasteiger partial charge is 0.573 e. The molecule has 1 fully saturated rings. The van der Waals surface area contributed by atoms with Gasteiger partial charge < -0.3 is 15.0 Å². The van der Waals surface area contributed by atoms with E-state index in [0.29, 0.717) is 28.8 Å². The normalized spacial score (nSPS) is 14.4. The van der Waals surface area contributed by atoms with Crippen molar-refractivity contribution >= 4 is 17.3 Å². The van der Waals surface area contributed by atoms with Crippen LogP contribution in [-0.4, -0.2) is 74.4 Å². The van der Waals surface area contributed by atoms with Crippen molar-refractivity contribution in [1.29, 1.82) is 0 Å². The zero-order chi connectivity index (χ0) is 29.1. The summed E-state index contributed by atoms with van der Waals surface area (Å²) in [5.74, 6) is -1.11. The van der Waals surface area contributed by atoms with Gasteiger partial charge in [-0.05, 0) is 51.1 Å². The molecule has 1 aliphatic heterocycles. The molecule has 13 heteroatoms. The lowest BCUT2D eigenvalue weighted by molar-refractivity contribution is -0.274. The van der Waals surface area contributed by atoms with Crippen LogP contribution in [0.5, 0.6) is 5.75 Å². The summed E-state index contributed by atoms with van der Waals surface area (Å²) in [6, 6.07) is 9.06. The number of aromatic nitrogens is 5. The summed E-state index contributed by atoms with van der Waals surface area (Å²) in [6.45, 7) is 10.0. The molecule has 5 rings (SSSR count). The SMILES string of the molecule is Cc1ncc(NC(=O)c2cccc(OC(F)(F)F)c2)cc1-n1cc(-c2cncc(N3CCN(C(C)C)CC3)c2)nn1. The predicted molar refractivity (Wildman–Crippen MR) is 147 cm³/mol. The average molecular weight is 567 g/mol. The summed E-state index contributed by atoms with van der Waals surface area (Å²) < 4.78 is 43.2. The molecule has 4 aromatic rings. The van der Waals surface area contributed by atoms with E-state index in [1.165, 1.54) is 18.3 Å². The van der Waals surface area contributed by atoms with Gasteiger partial charge in [0.05, 0.1) is 41.3 Å².